The number of ether oxygens (including phenoxy) is 3. The Morgan fingerprint density at radius 2 is 1.54 bits per heavy atom. The van der Waals surface area contributed by atoms with Crippen LogP contribution in [0, 0.1) is 5.92 Å². The number of methoxy groups -OCH3 is 3. The second-order valence-electron chi connectivity index (χ2n) is 5.23. The highest BCUT2D eigenvalue weighted by atomic mass is 16.5. The van der Waals surface area contributed by atoms with E-state index in [1.54, 1.807) is 18.2 Å². The summed E-state index contributed by atoms with van der Waals surface area (Å²) in [6, 6.07) is 6.44. The number of carbonyl (C=O) groups excluding carboxylic acids is 4. The van der Waals surface area contributed by atoms with Crippen LogP contribution in [0.5, 0.6) is 0 Å². The molecule has 142 valence electrons. The molecule has 26 heavy (non-hydrogen) atoms. The number of aliphatic hydroxyl groups is 1. The number of rotatable bonds is 8. The van der Waals surface area contributed by atoms with Gasteiger partial charge in [0.15, 0.2) is 6.10 Å². The minimum Gasteiger partial charge on any atom is -0.469 e. The molecule has 1 rings (SSSR count). The molecule has 0 aliphatic heterocycles. The average molecular weight is 367 g/mol. The van der Waals surface area contributed by atoms with Crippen LogP contribution in [-0.4, -0.2) is 56.3 Å². The Morgan fingerprint density at radius 3 is 2.04 bits per heavy atom. The predicted octanol–water partition coefficient (Wildman–Crippen LogP) is -0.270. The largest absolute Gasteiger partial charge is 0.469 e. The molecule has 3 atom stereocenters. The lowest BCUT2D eigenvalue weighted by Crippen LogP contribution is -2.51. The summed E-state index contributed by atoms with van der Waals surface area (Å²) in [5, 5.41) is 12.4. The van der Waals surface area contributed by atoms with Crippen molar-refractivity contribution in [2.24, 2.45) is 5.92 Å². The molecule has 2 N–H and O–H groups in total. The quantitative estimate of drug-likeness (QED) is 0.475. The number of benzene rings is 1. The molecule has 0 aliphatic carbocycles. The van der Waals surface area contributed by atoms with Crippen LogP contribution in [0.4, 0.5) is 0 Å². The van der Waals surface area contributed by atoms with Gasteiger partial charge in [-0.15, -0.1) is 0 Å². The fourth-order valence-electron chi connectivity index (χ4n) is 2.22. The van der Waals surface area contributed by atoms with Gasteiger partial charge >= 0.3 is 17.9 Å². The van der Waals surface area contributed by atoms with E-state index in [1.807, 2.05) is 0 Å². The number of nitrogens with one attached hydrogen (secondary N) is 1. The Bertz CT molecular complexity index is 645. The first-order chi connectivity index (χ1) is 12.3. The van der Waals surface area contributed by atoms with Crippen molar-refractivity contribution in [2.75, 3.05) is 21.3 Å². The van der Waals surface area contributed by atoms with Gasteiger partial charge in [0, 0.05) is 0 Å². The highest BCUT2D eigenvalue weighted by Gasteiger charge is 2.39. The fraction of sp³-hybridized carbons (Fsp3) is 0.412. The average Bonchev–Trinajstić information content (AvgIpc) is 2.68. The molecule has 0 heterocycles. The van der Waals surface area contributed by atoms with Crippen LogP contribution in [0.25, 0.3) is 0 Å². The number of aliphatic hydroxyl groups excluding tert-OH is 1. The molecule has 0 unspecified atom stereocenters. The number of esters is 3. The van der Waals surface area contributed by atoms with Gasteiger partial charge in [-0.3, -0.25) is 14.4 Å². The molecule has 9 heteroatoms. The summed E-state index contributed by atoms with van der Waals surface area (Å²) < 4.78 is 13.7. The number of hydrogen-bond donors (Lipinski definition) is 2. The molecule has 0 radical (unpaired) electrons. The van der Waals surface area contributed by atoms with E-state index in [9.17, 15) is 24.3 Å². The molecule has 0 fully saturated rings. The third kappa shape index (κ3) is 5.55. The molecule has 0 saturated heterocycles. The van der Waals surface area contributed by atoms with Crippen LogP contribution in [-0.2, 0) is 33.4 Å². The minimum absolute atomic E-state index is 0.288. The van der Waals surface area contributed by atoms with E-state index >= 15 is 0 Å². The van der Waals surface area contributed by atoms with Gasteiger partial charge in [0.2, 0.25) is 0 Å². The fourth-order valence-corrected chi connectivity index (χ4v) is 2.22. The molecule has 0 aliphatic rings. The molecule has 1 aromatic carbocycles. The van der Waals surface area contributed by atoms with Crippen LogP contribution in [0.1, 0.15) is 18.1 Å². The van der Waals surface area contributed by atoms with Crippen LogP contribution in [0.15, 0.2) is 30.3 Å². The van der Waals surface area contributed by atoms with Gasteiger partial charge < -0.3 is 24.6 Å². The van der Waals surface area contributed by atoms with E-state index in [2.05, 4.69) is 19.5 Å². The molecule has 1 aromatic rings. The molecular formula is C17H21NO8. The van der Waals surface area contributed by atoms with Crippen molar-refractivity contribution in [2.45, 2.75) is 18.6 Å². The van der Waals surface area contributed by atoms with Crippen molar-refractivity contribution in [3.05, 3.63) is 35.9 Å². The van der Waals surface area contributed by atoms with Crippen LogP contribution in [0.2, 0.25) is 0 Å². The van der Waals surface area contributed by atoms with Crippen molar-refractivity contribution in [1.29, 1.82) is 0 Å². The zero-order chi connectivity index (χ0) is 19.7. The SMILES string of the molecule is COC(=O)C[C@H](C(=O)OC)[C@H](NC(=O)[C@@H](O)c1ccccc1)C(=O)OC. The second-order valence-corrected chi connectivity index (χ2v) is 5.23. The monoisotopic (exact) mass is 367 g/mol. The van der Waals surface area contributed by atoms with Crippen molar-refractivity contribution >= 4 is 23.8 Å². The lowest BCUT2D eigenvalue weighted by molar-refractivity contribution is -0.159. The predicted molar refractivity (Wildman–Crippen MR) is 87.5 cm³/mol. The Kier molecular flexibility index (Phi) is 8.23. The van der Waals surface area contributed by atoms with Crippen molar-refractivity contribution in [3.8, 4) is 0 Å². The van der Waals surface area contributed by atoms with Crippen LogP contribution in [0.3, 0.4) is 0 Å². The number of amides is 1. The summed E-state index contributed by atoms with van der Waals surface area (Å²) in [6.07, 6.45) is -2.11. The van der Waals surface area contributed by atoms with Crippen molar-refractivity contribution < 1.29 is 38.5 Å². The third-order valence-corrected chi connectivity index (χ3v) is 3.64. The first kappa shape index (κ1) is 21.1. The molecular weight excluding hydrogens is 346 g/mol. The van der Waals surface area contributed by atoms with Gasteiger partial charge in [-0.25, -0.2) is 4.79 Å². The summed E-state index contributed by atoms with van der Waals surface area (Å²) in [6.45, 7) is 0. The normalized spacial score (nSPS) is 13.7. The first-order valence-corrected chi connectivity index (χ1v) is 7.61. The van der Waals surface area contributed by atoms with E-state index in [-0.39, 0.29) is 5.56 Å². The number of carbonyl (C=O) groups is 4. The van der Waals surface area contributed by atoms with E-state index < -0.39 is 48.3 Å². The summed E-state index contributed by atoms with van der Waals surface area (Å²) >= 11 is 0. The minimum atomic E-state index is -1.58. The smallest absolute Gasteiger partial charge is 0.329 e. The van der Waals surface area contributed by atoms with Crippen molar-refractivity contribution in [1.82, 2.24) is 5.32 Å². The van der Waals surface area contributed by atoms with E-state index in [4.69, 9.17) is 0 Å². The lowest BCUT2D eigenvalue weighted by atomic mass is 9.95. The zero-order valence-corrected chi connectivity index (χ0v) is 14.6. The summed E-state index contributed by atoms with van der Waals surface area (Å²) in [7, 11) is 3.24. The highest BCUT2D eigenvalue weighted by Crippen LogP contribution is 2.17. The zero-order valence-electron chi connectivity index (χ0n) is 14.6. The molecule has 0 aromatic heterocycles. The Labute approximate surface area is 150 Å². The molecule has 0 saturated carbocycles. The summed E-state index contributed by atoms with van der Waals surface area (Å²) in [5.41, 5.74) is 0.288. The Hall–Kier alpha value is -2.94. The standard InChI is InChI=1S/C17H21NO8/c1-24-12(19)9-11(16(22)25-2)13(17(23)26-3)18-15(21)14(20)10-7-5-4-6-8-10/h4-8,11,13-14,20H,9H2,1-3H3,(H,18,21)/t11-,13-,14-/m0/s1. The van der Waals surface area contributed by atoms with Crippen molar-refractivity contribution in [3.63, 3.8) is 0 Å². The van der Waals surface area contributed by atoms with Crippen LogP contribution < -0.4 is 5.32 Å². The third-order valence-electron chi connectivity index (χ3n) is 3.64. The molecule has 0 spiro atoms. The van der Waals surface area contributed by atoms with Gasteiger partial charge in [-0.1, -0.05) is 30.3 Å². The Morgan fingerprint density at radius 1 is 0.962 bits per heavy atom. The second kappa shape index (κ2) is 10.1. The van der Waals surface area contributed by atoms with Gasteiger partial charge in [0.25, 0.3) is 5.91 Å². The molecule has 1 amide bonds. The maximum atomic E-state index is 12.3. The van der Waals surface area contributed by atoms with Gasteiger partial charge in [0.1, 0.15) is 6.04 Å². The first-order valence-electron chi connectivity index (χ1n) is 7.61. The van der Waals surface area contributed by atoms with E-state index in [0.29, 0.717) is 0 Å². The summed E-state index contributed by atoms with van der Waals surface area (Å²) in [4.78, 5) is 47.9. The Balaban J connectivity index is 3.06. The summed E-state index contributed by atoms with van der Waals surface area (Å²) in [5.74, 6) is -5.00. The lowest BCUT2D eigenvalue weighted by Gasteiger charge is -2.24. The van der Waals surface area contributed by atoms with Gasteiger partial charge in [-0.05, 0) is 5.56 Å². The molecule has 9 nitrogen and oxygen atoms in total. The van der Waals surface area contributed by atoms with Gasteiger partial charge in [-0.2, -0.15) is 0 Å². The van der Waals surface area contributed by atoms with Gasteiger partial charge in [0.05, 0.1) is 33.7 Å². The maximum absolute atomic E-state index is 12.3. The maximum Gasteiger partial charge on any atom is 0.329 e. The topological polar surface area (TPSA) is 128 Å². The molecule has 0 bridgehead atoms. The van der Waals surface area contributed by atoms with E-state index in [0.717, 1.165) is 21.3 Å². The number of hydrogen-bond acceptors (Lipinski definition) is 8. The van der Waals surface area contributed by atoms with E-state index in [1.165, 1.54) is 12.1 Å². The highest BCUT2D eigenvalue weighted by molar-refractivity contribution is 5.92. The van der Waals surface area contributed by atoms with Crippen LogP contribution >= 0.6 is 0 Å².